The summed E-state index contributed by atoms with van der Waals surface area (Å²) in [5.41, 5.74) is 3.80. The van der Waals surface area contributed by atoms with Crippen molar-refractivity contribution in [1.82, 2.24) is 15.3 Å². The van der Waals surface area contributed by atoms with E-state index in [1.165, 1.54) is 29.7 Å². The van der Waals surface area contributed by atoms with Crippen molar-refractivity contribution in [3.8, 4) is 11.5 Å². The molecule has 0 atom stereocenters. The zero-order valence-electron chi connectivity index (χ0n) is 20.6. The van der Waals surface area contributed by atoms with Crippen LogP contribution in [0.1, 0.15) is 62.3 Å². The third-order valence-electron chi connectivity index (χ3n) is 6.77. The zero-order valence-corrected chi connectivity index (χ0v) is 20.6. The molecule has 1 aromatic carbocycles. The van der Waals surface area contributed by atoms with E-state index in [4.69, 9.17) is 19.4 Å². The Balaban J connectivity index is 1.30. The number of hydrogen-bond acceptors (Lipinski definition) is 7. The molecule has 1 aromatic heterocycles. The van der Waals surface area contributed by atoms with Crippen LogP contribution in [0.4, 0.5) is 11.8 Å². The molecule has 1 heterocycles. The lowest BCUT2D eigenvalue weighted by Gasteiger charge is -2.30. The van der Waals surface area contributed by atoms with E-state index in [9.17, 15) is 0 Å². The number of aromatic nitrogens is 2. The summed E-state index contributed by atoms with van der Waals surface area (Å²) >= 11 is 0. The van der Waals surface area contributed by atoms with Crippen molar-refractivity contribution >= 4 is 11.8 Å². The summed E-state index contributed by atoms with van der Waals surface area (Å²) in [5, 5.41) is 7.38. The van der Waals surface area contributed by atoms with Gasteiger partial charge in [0.25, 0.3) is 0 Å². The molecule has 1 fully saturated rings. The molecule has 7 heteroatoms. The summed E-state index contributed by atoms with van der Waals surface area (Å²) in [4.78, 5) is 11.9. The van der Waals surface area contributed by atoms with E-state index in [0.29, 0.717) is 18.7 Å². The highest BCUT2D eigenvalue weighted by molar-refractivity contribution is 5.53. The van der Waals surface area contributed by atoms with Gasteiger partial charge in [-0.05, 0) is 76.0 Å². The molecule has 2 aliphatic rings. The van der Waals surface area contributed by atoms with Gasteiger partial charge >= 0.3 is 0 Å². The Morgan fingerprint density at radius 3 is 2.48 bits per heavy atom. The lowest BCUT2D eigenvalue weighted by molar-refractivity contribution is 0.310. The normalized spacial score (nSPS) is 20.1. The summed E-state index contributed by atoms with van der Waals surface area (Å²) in [6.07, 6.45) is 9.19. The van der Waals surface area contributed by atoms with Crippen molar-refractivity contribution in [2.45, 2.75) is 76.9 Å². The van der Waals surface area contributed by atoms with Crippen LogP contribution in [0, 0.1) is 0 Å². The summed E-state index contributed by atoms with van der Waals surface area (Å²) in [6, 6.07) is 7.15. The minimum atomic E-state index is 0.435. The number of anilines is 2. The second-order valence-electron chi connectivity index (χ2n) is 9.39. The van der Waals surface area contributed by atoms with Crippen molar-refractivity contribution < 1.29 is 9.47 Å². The maximum Gasteiger partial charge on any atom is 0.225 e. The largest absolute Gasteiger partial charge is 0.493 e. The number of nitrogens with one attached hydrogen (secondary N) is 2. The molecule has 2 aromatic rings. The molecule has 0 unspecified atom stereocenters. The Hall–Kier alpha value is -2.54. The van der Waals surface area contributed by atoms with Crippen LogP contribution in [0.15, 0.2) is 18.2 Å². The van der Waals surface area contributed by atoms with Crippen LogP contribution in [0.25, 0.3) is 0 Å². The first-order valence-electron chi connectivity index (χ1n) is 12.4. The van der Waals surface area contributed by atoms with Gasteiger partial charge in [-0.25, -0.2) is 4.98 Å². The Labute approximate surface area is 198 Å². The summed E-state index contributed by atoms with van der Waals surface area (Å²) < 4.78 is 11.1. The second-order valence-corrected chi connectivity index (χ2v) is 9.39. The smallest absolute Gasteiger partial charge is 0.225 e. The third-order valence-corrected chi connectivity index (χ3v) is 6.77. The Morgan fingerprint density at radius 1 is 1.00 bits per heavy atom. The predicted molar refractivity (Wildman–Crippen MR) is 134 cm³/mol. The number of aryl methyl sites for hydroxylation is 1. The predicted octanol–water partition coefficient (Wildman–Crippen LogP) is 4.34. The van der Waals surface area contributed by atoms with E-state index in [0.717, 1.165) is 68.3 Å². The van der Waals surface area contributed by atoms with Crippen LogP contribution in [0.3, 0.4) is 0 Å². The van der Waals surface area contributed by atoms with Crippen LogP contribution in [0.5, 0.6) is 11.5 Å². The quantitative estimate of drug-likeness (QED) is 0.585. The molecule has 2 N–H and O–H groups in total. The standard InChI is InChI=1S/C26H39N5O2/c1-5-33-24-16-18(10-15-23(24)32-4)17-27-19-11-13-20(14-12-19)28-26-29-22-9-7-6-8-21(22)25(30-26)31(2)3/h10,15-16,19-20,27H,5-9,11-14,17H2,1-4H3,(H,28,29,30)/t19-,20+. The number of rotatable bonds is 9. The van der Waals surface area contributed by atoms with E-state index in [1.54, 1.807) is 7.11 Å². The second kappa shape index (κ2) is 11.1. The van der Waals surface area contributed by atoms with Gasteiger partial charge < -0.3 is 25.0 Å². The molecular formula is C26H39N5O2. The Morgan fingerprint density at radius 2 is 1.76 bits per heavy atom. The fraction of sp³-hybridized carbons (Fsp3) is 0.615. The van der Waals surface area contributed by atoms with Gasteiger partial charge in [0.15, 0.2) is 11.5 Å². The van der Waals surface area contributed by atoms with Crippen molar-refractivity contribution in [1.29, 1.82) is 0 Å². The van der Waals surface area contributed by atoms with Gasteiger partial charge in [0.2, 0.25) is 5.95 Å². The molecule has 0 saturated heterocycles. The van der Waals surface area contributed by atoms with Crippen LogP contribution in [-0.2, 0) is 19.4 Å². The molecular weight excluding hydrogens is 414 g/mol. The molecule has 0 aliphatic heterocycles. The summed E-state index contributed by atoms with van der Waals surface area (Å²) in [6.45, 7) is 3.47. The molecule has 0 bridgehead atoms. The molecule has 2 aliphatic carbocycles. The fourth-order valence-corrected chi connectivity index (χ4v) is 4.99. The van der Waals surface area contributed by atoms with Crippen LogP contribution in [0.2, 0.25) is 0 Å². The molecule has 180 valence electrons. The number of methoxy groups -OCH3 is 1. The van der Waals surface area contributed by atoms with E-state index in [2.05, 4.69) is 41.8 Å². The number of fused-ring (bicyclic) bond motifs is 1. The Kier molecular flexibility index (Phi) is 7.91. The molecule has 0 amide bonds. The number of ether oxygens (including phenoxy) is 2. The third kappa shape index (κ3) is 5.88. The maximum absolute atomic E-state index is 5.71. The number of nitrogens with zero attached hydrogens (tertiary/aromatic N) is 3. The fourth-order valence-electron chi connectivity index (χ4n) is 4.99. The van der Waals surface area contributed by atoms with Gasteiger partial charge in [-0.1, -0.05) is 6.07 Å². The van der Waals surface area contributed by atoms with E-state index in [1.807, 2.05) is 13.0 Å². The van der Waals surface area contributed by atoms with Crippen LogP contribution < -0.4 is 25.0 Å². The van der Waals surface area contributed by atoms with E-state index in [-0.39, 0.29) is 0 Å². The van der Waals surface area contributed by atoms with Gasteiger partial charge in [0.05, 0.1) is 19.4 Å². The van der Waals surface area contributed by atoms with Crippen LogP contribution in [-0.4, -0.2) is 49.9 Å². The van der Waals surface area contributed by atoms with Crippen molar-refractivity contribution in [3.63, 3.8) is 0 Å². The molecule has 1 saturated carbocycles. The highest BCUT2D eigenvalue weighted by atomic mass is 16.5. The van der Waals surface area contributed by atoms with Crippen molar-refractivity contribution in [2.24, 2.45) is 0 Å². The van der Waals surface area contributed by atoms with Gasteiger partial charge in [0, 0.05) is 38.3 Å². The first-order valence-corrected chi connectivity index (χ1v) is 12.4. The highest BCUT2D eigenvalue weighted by Gasteiger charge is 2.24. The monoisotopic (exact) mass is 453 g/mol. The molecule has 0 radical (unpaired) electrons. The van der Waals surface area contributed by atoms with Crippen molar-refractivity contribution in [2.75, 3.05) is 38.0 Å². The van der Waals surface area contributed by atoms with Gasteiger partial charge in [-0.15, -0.1) is 0 Å². The van der Waals surface area contributed by atoms with Crippen LogP contribution >= 0.6 is 0 Å². The summed E-state index contributed by atoms with van der Waals surface area (Å²) in [7, 11) is 5.84. The molecule has 7 nitrogen and oxygen atoms in total. The number of hydrogen-bond donors (Lipinski definition) is 2. The lowest BCUT2D eigenvalue weighted by atomic mass is 9.91. The SMILES string of the molecule is CCOc1cc(CN[C@H]2CC[C@@H](Nc3nc4c(c(N(C)C)n3)CCCC4)CC2)ccc1OC. The average Bonchev–Trinajstić information content (AvgIpc) is 2.83. The molecule has 0 spiro atoms. The minimum Gasteiger partial charge on any atom is -0.493 e. The first-order chi connectivity index (χ1) is 16.1. The topological polar surface area (TPSA) is 71.5 Å². The zero-order chi connectivity index (χ0) is 23.2. The Bertz CT molecular complexity index is 925. The first kappa shape index (κ1) is 23.6. The van der Waals surface area contributed by atoms with Gasteiger partial charge in [-0.3, -0.25) is 0 Å². The van der Waals surface area contributed by atoms with E-state index >= 15 is 0 Å². The minimum absolute atomic E-state index is 0.435. The highest BCUT2D eigenvalue weighted by Crippen LogP contribution is 2.30. The average molecular weight is 454 g/mol. The van der Waals surface area contributed by atoms with E-state index < -0.39 is 0 Å². The van der Waals surface area contributed by atoms with Gasteiger partial charge in [0.1, 0.15) is 5.82 Å². The number of benzene rings is 1. The maximum atomic E-state index is 5.71. The molecule has 4 rings (SSSR count). The lowest BCUT2D eigenvalue weighted by Crippen LogP contribution is -2.37. The van der Waals surface area contributed by atoms with Crippen molar-refractivity contribution in [3.05, 3.63) is 35.0 Å². The van der Waals surface area contributed by atoms with Gasteiger partial charge in [-0.2, -0.15) is 4.98 Å². The summed E-state index contributed by atoms with van der Waals surface area (Å²) in [5.74, 6) is 3.49. The molecule has 33 heavy (non-hydrogen) atoms.